The monoisotopic (exact) mass is 447 g/mol. The molecule has 0 aliphatic rings. The number of hydrogen-bond donors (Lipinski definition) is 1. The molecule has 32 heavy (non-hydrogen) atoms. The zero-order valence-corrected chi connectivity index (χ0v) is 19.6. The van der Waals surface area contributed by atoms with Crippen LogP contribution in [0.3, 0.4) is 0 Å². The van der Waals surface area contributed by atoms with Gasteiger partial charge in [-0.05, 0) is 56.5 Å². The van der Waals surface area contributed by atoms with E-state index in [0.717, 1.165) is 38.0 Å². The average molecular weight is 448 g/mol. The third kappa shape index (κ3) is 4.51. The van der Waals surface area contributed by atoms with Gasteiger partial charge in [0, 0.05) is 22.8 Å². The highest BCUT2D eigenvalue weighted by Gasteiger charge is 2.24. The number of benzene rings is 1. The van der Waals surface area contributed by atoms with Crippen molar-refractivity contribution in [1.82, 2.24) is 9.88 Å². The van der Waals surface area contributed by atoms with Crippen LogP contribution in [0.5, 0.6) is 0 Å². The topological polar surface area (TPSA) is 84.1 Å². The molecule has 1 aromatic carbocycles. The number of carbonyl (C=O) groups excluding carboxylic acids is 2. The van der Waals surface area contributed by atoms with Gasteiger partial charge in [0.05, 0.1) is 12.7 Å². The van der Waals surface area contributed by atoms with Crippen molar-refractivity contribution in [2.75, 3.05) is 7.11 Å². The number of aryl methyl sites for hydroxylation is 2. The van der Waals surface area contributed by atoms with E-state index in [0.29, 0.717) is 12.1 Å². The van der Waals surface area contributed by atoms with E-state index in [1.807, 2.05) is 74.7 Å². The highest BCUT2D eigenvalue weighted by Crippen LogP contribution is 2.34. The first kappa shape index (κ1) is 23.0. The van der Waals surface area contributed by atoms with E-state index < -0.39 is 5.91 Å². The first-order valence-electron chi connectivity index (χ1n) is 10.1. The molecule has 1 N–H and O–H groups in total. The number of nitriles is 1. The van der Waals surface area contributed by atoms with Crippen LogP contribution in [0.2, 0.25) is 0 Å². The van der Waals surface area contributed by atoms with E-state index in [2.05, 4.69) is 5.32 Å². The van der Waals surface area contributed by atoms with Crippen molar-refractivity contribution >= 4 is 29.3 Å². The molecule has 1 amide bonds. The molecule has 0 atom stereocenters. The molecule has 7 heteroatoms. The Balaban J connectivity index is 1.96. The molecule has 0 bridgehead atoms. The Labute approximate surface area is 191 Å². The van der Waals surface area contributed by atoms with Crippen LogP contribution in [0.15, 0.2) is 42.0 Å². The van der Waals surface area contributed by atoms with Crippen LogP contribution >= 0.6 is 11.3 Å². The van der Waals surface area contributed by atoms with Crippen molar-refractivity contribution < 1.29 is 14.3 Å². The Morgan fingerprint density at radius 3 is 2.50 bits per heavy atom. The SMILES string of the molecule is COC(=O)c1c(-n2c(C)cc(/C=C(\C#N)C(=O)NCc3ccccc3)c2C)sc(C)c1C. The number of hydrogen-bond acceptors (Lipinski definition) is 5. The number of aromatic nitrogens is 1. The molecule has 0 radical (unpaired) electrons. The minimum Gasteiger partial charge on any atom is -0.465 e. The molecular formula is C25H25N3O3S. The van der Waals surface area contributed by atoms with E-state index in [4.69, 9.17) is 4.74 Å². The first-order valence-corrected chi connectivity index (χ1v) is 10.9. The molecule has 0 spiro atoms. The summed E-state index contributed by atoms with van der Waals surface area (Å²) in [5.41, 5.74) is 4.86. The zero-order valence-electron chi connectivity index (χ0n) is 18.8. The number of methoxy groups -OCH3 is 1. The number of rotatable bonds is 6. The van der Waals surface area contributed by atoms with E-state index in [-0.39, 0.29) is 11.5 Å². The van der Waals surface area contributed by atoms with Gasteiger partial charge in [-0.2, -0.15) is 5.26 Å². The number of carbonyl (C=O) groups is 2. The molecule has 164 valence electrons. The maximum atomic E-state index is 12.6. The summed E-state index contributed by atoms with van der Waals surface area (Å²) in [6, 6.07) is 13.4. The Kier molecular flexibility index (Phi) is 6.96. The van der Waals surface area contributed by atoms with Gasteiger partial charge in [0.1, 0.15) is 16.6 Å². The minimum atomic E-state index is -0.431. The fourth-order valence-electron chi connectivity index (χ4n) is 3.53. The van der Waals surface area contributed by atoms with Crippen LogP contribution in [0.25, 0.3) is 11.1 Å². The third-order valence-electron chi connectivity index (χ3n) is 5.39. The fraction of sp³-hybridized carbons (Fsp3) is 0.240. The van der Waals surface area contributed by atoms with E-state index in [1.165, 1.54) is 18.4 Å². The van der Waals surface area contributed by atoms with E-state index >= 15 is 0 Å². The number of ether oxygens (including phenoxy) is 1. The second-order valence-electron chi connectivity index (χ2n) is 7.45. The van der Waals surface area contributed by atoms with Crippen LogP contribution in [-0.2, 0) is 16.1 Å². The number of nitrogens with one attached hydrogen (secondary N) is 1. The van der Waals surface area contributed by atoms with Crippen LogP contribution in [0.1, 0.15) is 43.3 Å². The largest absolute Gasteiger partial charge is 0.465 e. The van der Waals surface area contributed by atoms with Crippen molar-refractivity contribution in [3.05, 3.63) is 80.5 Å². The molecule has 0 aliphatic carbocycles. The van der Waals surface area contributed by atoms with Crippen molar-refractivity contribution in [2.24, 2.45) is 0 Å². The maximum absolute atomic E-state index is 12.6. The normalized spacial score (nSPS) is 11.2. The van der Waals surface area contributed by atoms with Gasteiger partial charge in [-0.3, -0.25) is 4.79 Å². The van der Waals surface area contributed by atoms with Crippen LogP contribution < -0.4 is 5.32 Å². The van der Waals surface area contributed by atoms with Gasteiger partial charge >= 0.3 is 5.97 Å². The predicted octanol–water partition coefficient (Wildman–Crippen LogP) is 4.78. The smallest absolute Gasteiger partial charge is 0.341 e. The lowest BCUT2D eigenvalue weighted by atomic mass is 10.1. The highest BCUT2D eigenvalue weighted by atomic mass is 32.1. The molecule has 2 heterocycles. The summed E-state index contributed by atoms with van der Waals surface area (Å²) in [6.45, 7) is 8.05. The lowest BCUT2D eigenvalue weighted by molar-refractivity contribution is -0.117. The molecule has 3 aromatic rings. The number of thiophene rings is 1. The first-order chi connectivity index (χ1) is 15.3. The maximum Gasteiger partial charge on any atom is 0.341 e. The van der Waals surface area contributed by atoms with Crippen molar-refractivity contribution in [3.63, 3.8) is 0 Å². The Bertz CT molecular complexity index is 1240. The van der Waals surface area contributed by atoms with Crippen molar-refractivity contribution in [2.45, 2.75) is 34.2 Å². The molecule has 0 fully saturated rings. The van der Waals surface area contributed by atoms with E-state index in [1.54, 1.807) is 6.08 Å². The summed E-state index contributed by atoms with van der Waals surface area (Å²) < 4.78 is 6.97. The van der Waals surface area contributed by atoms with Gasteiger partial charge in [0.15, 0.2) is 0 Å². The molecule has 3 rings (SSSR count). The lowest BCUT2D eigenvalue weighted by Gasteiger charge is -2.10. The predicted molar refractivity (Wildman–Crippen MR) is 126 cm³/mol. The molecule has 0 saturated carbocycles. The number of esters is 1. The summed E-state index contributed by atoms with van der Waals surface area (Å²) in [7, 11) is 1.37. The Morgan fingerprint density at radius 2 is 1.88 bits per heavy atom. The highest BCUT2D eigenvalue weighted by molar-refractivity contribution is 7.15. The molecule has 6 nitrogen and oxygen atoms in total. The summed E-state index contributed by atoms with van der Waals surface area (Å²) >= 11 is 1.51. The van der Waals surface area contributed by atoms with Crippen molar-refractivity contribution in [1.29, 1.82) is 5.26 Å². The van der Waals surface area contributed by atoms with Gasteiger partial charge in [-0.25, -0.2) is 4.79 Å². The molecule has 0 saturated heterocycles. The summed E-state index contributed by atoms with van der Waals surface area (Å²) in [6.07, 6.45) is 1.59. The molecular weight excluding hydrogens is 422 g/mol. The van der Waals surface area contributed by atoms with Crippen LogP contribution in [0.4, 0.5) is 0 Å². The lowest BCUT2D eigenvalue weighted by Crippen LogP contribution is -2.23. The standard InChI is InChI=1S/C25H25N3O3S/c1-15-11-20(12-21(13-26)23(29)27-14-19-9-7-6-8-10-19)17(3)28(15)24-22(25(30)31-5)16(2)18(4)32-24/h6-12H,14H2,1-5H3,(H,27,29)/b21-12+. The van der Waals surface area contributed by atoms with Gasteiger partial charge in [0.25, 0.3) is 5.91 Å². The number of nitrogens with zero attached hydrogens (tertiary/aromatic N) is 2. The second-order valence-corrected chi connectivity index (χ2v) is 8.66. The minimum absolute atomic E-state index is 0.0212. The Morgan fingerprint density at radius 1 is 1.19 bits per heavy atom. The summed E-state index contributed by atoms with van der Waals surface area (Å²) in [5.74, 6) is -0.816. The third-order valence-corrected chi connectivity index (χ3v) is 6.58. The number of amides is 1. The van der Waals surface area contributed by atoms with Crippen LogP contribution in [-0.4, -0.2) is 23.6 Å². The molecule has 0 unspecified atom stereocenters. The van der Waals surface area contributed by atoms with Gasteiger partial charge in [-0.15, -0.1) is 11.3 Å². The quantitative estimate of drug-likeness (QED) is 0.335. The molecule has 2 aromatic heterocycles. The summed E-state index contributed by atoms with van der Waals surface area (Å²) in [4.78, 5) is 26.1. The van der Waals surface area contributed by atoms with Gasteiger partial charge in [0.2, 0.25) is 0 Å². The van der Waals surface area contributed by atoms with E-state index in [9.17, 15) is 14.9 Å². The van der Waals surface area contributed by atoms with Crippen molar-refractivity contribution in [3.8, 4) is 11.1 Å². The molecule has 0 aliphatic heterocycles. The van der Waals surface area contributed by atoms with Crippen LogP contribution in [0, 0.1) is 39.0 Å². The van der Waals surface area contributed by atoms with Gasteiger partial charge < -0.3 is 14.6 Å². The average Bonchev–Trinajstić information content (AvgIpc) is 3.24. The fourth-order valence-corrected chi connectivity index (χ4v) is 4.79. The van der Waals surface area contributed by atoms with Gasteiger partial charge in [-0.1, -0.05) is 30.3 Å². The second kappa shape index (κ2) is 9.67. The zero-order chi connectivity index (χ0) is 23.4. The Hall–Kier alpha value is -3.63. The summed E-state index contributed by atoms with van der Waals surface area (Å²) in [5, 5.41) is 13.1.